The Morgan fingerprint density at radius 1 is 1.30 bits per heavy atom. The molecule has 0 atom stereocenters. The Labute approximate surface area is 123 Å². The third-order valence-corrected chi connectivity index (χ3v) is 4.16. The Hall–Kier alpha value is -0.840. The molecule has 4 heteroatoms. The molecule has 0 radical (unpaired) electrons. The average Bonchev–Trinajstić information content (AvgIpc) is 2.87. The van der Waals surface area contributed by atoms with Gasteiger partial charge in [-0.1, -0.05) is 6.92 Å². The molecular formula is C16H29N3O. The van der Waals surface area contributed by atoms with Gasteiger partial charge < -0.3 is 14.6 Å². The van der Waals surface area contributed by atoms with Gasteiger partial charge in [-0.15, -0.1) is 0 Å². The van der Waals surface area contributed by atoms with Crippen LogP contribution >= 0.6 is 0 Å². The van der Waals surface area contributed by atoms with E-state index in [4.69, 9.17) is 4.42 Å². The molecule has 0 amide bonds. The van der Waals surface area contributed by atoms with Crippen LogP contribution in [0.5, 0.6) is 0 Å². The molecule has 0 bridgehead atoms. The van der Waals surface area contributed by atoms with Crippen molar-refractivity contribution in [2.75, 3.05) is 33.7 Å². The summed E-state index contributed by atoms with van der Waals surface area (Å²) in [6.07, 6.45) is 3.68. The third kappa shape index (κ3) is 4.62. The largest absolute Gasteiger partial charge is 0.463 e. The first kappa shape index (κ1) is 15.5. The van der Waals surface area contributed by atoms with Crippen molar-refractivity contribution >= 4 is 0 Å². The van der Waals surface area contributed by atoms with E-state index in [1.54, 1.807) is 0 Å². The molecule has 114 valence electrons. The van der Waals surface area contributed by atoms with Crippen molar-refractivity contribution in [1.82, 2.24) is 15.1 Å². The molecule has 0 aromatic carbocycles. The summed E-state index contributed by atoms with van der Waals surface area (Å²) in [5.74, 6) is 2.13. The maximum absolute atomic E-state index is 5.90. The highest BCUT2D eigenvalue weighted by molar-refractivity contribution is 5.07. The van der Waals surface area contributed by atoms with Gasteiger partial charge in [0, 0.05) is 6.04 Å². The van der Waals surface area contributed by atoms with Gasteiger partial charge in [0.25, 0.3) is 0 Å². The highest BCUT2D eigenvalue weighted by Crippen LogP contribution is 2.17. The van der Waals surface area contributed by atoms with Crippen molar-refractivity contribution in [2.24, 2.45) is 0 Å². The van der Waals surface area contributed by atoms with Gasteiger partial charge in [-0.25, -0.2) is 0 Å². The minimum absolute atomic E-state index is 0.693. The highest BCUT2D eigenvalue weighted by Gasteiger charge is 2.21. The van der Waals surface area contributed by atoms with Gasteiger partial charge >= 0.3 is 0 Å². The molecule has 1 N–H and O–H groups in total. The normalized spacial score (nSPS) is 18.0. The zero-order valence-corrected chi connectivity index (χ0v) is 13.2. The Morgan fingerprint density at radius 2 is 2.00 bits per heavy atom. The maximum atomic E-state index is 5.90. The van der Waals surface area contributed by atoms with Crippen molar-refractivity contribution in [3.8, 4) is 0 Å². The van der Waals surface area contributed by atoms with Crippen LogP contribution < -0.4 is 5.32 Å². The van der Waals surface area contributed by atoms with Crippen molar-refractivity contribution in [2.45, 2.75) is 45.3 Å². The molecule has 0 unspecified atom stereocenters. The monoisotopic (exact) mass is 279 g/mol. The van der Waals surface area contributed by atoms with E-state index in [-0.39, 0.29) is 0 Å². The lowest BCUT2D eigenvalue weighted by molar-refractivity contribution is 0.132. The molecule has 2 heterocycles. The first-order valence-electron chi connectivity index (χ1n) is 7.86. The van der Waals surface area contributed by atoms with E-state index < -0.39 is 0 Å². The van der Waals surface area contributed by atoms with Crippen LogP contribution in [0, 0.1) is 0 Å². The topological polar surface area (TPSA) is 31.6 Å². The summed E-state index contributed by atoms with van der Waals surface area (Å²) in [7, 11) is 4.42. The summed E-state index contributed by atoms with van der Waals surface area (Å²) in [6, 6.07) is 4.91. The van der Waals surface area contributed by atoms with Gasteiger partial charge in [-0.05, 0) is 65.1 Å². The third-order valence-electron chi connectivity index (χ3n) is 4.16. The second-order valence-corrected chi connectivity index (χ2v) is 5.99. The fraction of sp³-hybridized carbons (Fsp3) is 0.750. The van der Waals surface area contributed by atoms with Crippen LogP contribution in [-0.2, 0) is 13.1 Å². The van der Waals surface area contributed by atoms with Crippen molar-refractivity contribution < 1.29 is 4.42 Å². The van der Waals surface area contributed by atoms with Gasteiger partial charge in [0.2, 0.25) is 0 Å². The zero-order chi connectivity index (χ0) is 14.4. The molecule has 0 saturated carbocycles. The predicted octanol–water partition coefficient (Wildman–Crippen LogP) is 2.31. The molecule has 1 fully saturated rings. The molecule has 1 aromatic heterocycles. The molecule has 0 aliphatic carbocycles. The van der Waals surface area contributed by atoms with Crippen LogP contribution in [0.3, 0.4) is 0 Å². The van der Waals surface area contributed by atoms with Gasteiger partial charge in [0.1, 0.15) is 11.5 Å². The molecule has 1 aliphatic rings. The number of hydrogen-bond donors (Lipinski definition) is 1. The van der Waals surface area contributed by atoms with Gasteiger partial charge in [-0.3, -0.25) is 4.90 Å². The fourth-order valence-corrected chi connectivity index (χ4v) is 2.80. The molecular weight excluding hydrogens is 250 g/mol. The van der Waals surface area contributed by atoms with Crippen LogP contribution in [-0.4, -0.2) is 49.6 Å². The summed E-state index contributed by atoms with van der Waals surface area (Å²) in [4.78, 5) is 4.85. The van der Waals surface area contributed by atoms with E-state index >= 15 is 0 Å². The van der Waals surface area contributed by atoms with E-state index in [0.29, 0.717) is 6.04 Å². The fourth-order valence-electron chi connectivity index (χ4n) is 2.80. The number of hydrogen-bond acceptors (Lipinski definition) is 4. The lowest BCUT2D eigenvalue weighted by Crippen LogP contribution is -2.41. The number of nitrogens with zero attached hydrogens (tertiary/aromatic N) is 2. The van der Waals surface area contributed by atoms with Gasteiger partial charge in [-0.2, -0.15) is 0 Å². The quantitative estimate of drug-likeness (QED) is 0.776. The SMILES string of the molecule is CCCNCc1ccc(CN(C)C2CCN(C)CC2)o1. The van der Waals surface area contributed by atoms with Crippen LogP contribution in [0.25, 0.3) is 0 Å². The second kappa shape index (κ2) is 7.81. The smallest absolute Gasteiger partial charge is 0.118 e. The highest BCUT2D eigenvalue weighted by atomic mass is 16.3. The maximum Gasteiger partial charge on any atom is 0.118 e. The van der Waals surface area contributed by atoms with E-state index in [9.17, 15) is 0 Å². The number of furan rings is 1. The zero-order valence-electron chi connectivity index (χ0n) is 13.2. The van der Waals surface area contributed by atoms with Crippen molar-refractivity contribution in [1.29, 1.82) is 0 Å². The number of likely N-dealkylation sites (tertiary alicyclic amines) is 1. The van der Waals surface area contributed by atoms with Crippen LogP contribution in [0.2, 0.25) is 0 Å². The number of nitrogens with one attached hydrogen (secondary N) is 1. The average molecular weight is 279 g/mol. The number of rotatable bonds is 7. The van der Waals surface area contributed by atoms with Crippen LogP contribution in [0.1, 0.15) is 37.7 Å². The van der Waals surface area contributed by atoms with Crippen LogP contribution in [0.15, 0.2) is 16.5 Å². The molecule has 1 saturated heterocycles. The molecule has 2 rings (SSSR count). The minimum Gasteiger partial charge on any atom is -0.463 e. The van der Waals surface area contributed by atoms with E-state index in [1.807, 2.05) is 0 Å². The number of piperidine rings is 1. The molecule has 20 heavy (non-hydrogen) atoms. The second-order valence-electron chi connectivity index (χ2n) is 5.99. The Morgan fingerprint density at radius 3 is 2.70 bits per heavy atom. The lowest BCUT2D eigenvalue weighted by atomic mass is 10.0. The Bertz CT molecular complexity index is 383. The summed E-state index contributed by atoms with van der Waals surface area (Å²) in [5.41, 5.74) is 0. The molecule has 1 aliphatic heterocycles. The summed E-state index contributed by atoms with van der Waals surface area (Å²) in [5, 5.41) is 3.37. The van der Waals surface area contributed by atoms with Gasteiger partial charge in [0.05, 0.1) is 13.1 Å². The first-order chi connectivity index (χ1) is 9.69. The van der Waals surface area contributed by atoms with Crippen molar-refractivity contribution in [3.05, 3.63) is 23.7 Å². The minimum atomic E-state index is 0.693. The van der Waals surface area contributed by atoms with E-state index in [1.165, 1.54) is 25.9 Å². The van der Waals surface area contributed by atoms with Gasteiger partial charge in [0.15, 0.2) is 0 Å². The molecule has 1 aromatic rings. The Balaban J connectivity index is 1.77. The summed E-state index contributed by atoms with van der Waals surface area (Å²) in [6.45, 7) is 7.40. The van der Waals surface area contributed by atoms with E-state index in [0.717, 1.165) is 37.6 Å². The summed E-state index contributed by atoms with van der Waals surface area (Å²) < 4.78 is 5.90. The van der Waals surface area contributed by atoms with Crippen LogP contribution in [0.4, 0.5) is 0 Å². The first-order valence-corrected chi connectivity index (χ1v) is 7.86. The summed E-state index contributed by atoms with van der Waals surface area (Å²) >= 11 is 0. The predicted molar refractivity (Wildman–Crippen MR) is 82.7 cm³/mol. The van der Waals surface area contributed by atoms with E-state index in [2.05, 4.69) is 48.3 Å². The Kier molecular flexibility index (Phi) is 6.07. The molecule has 0 spiro atoms. The van der Waals surface area contributed by atoms with Crippen molar-refractivity contribution in [3.63, 3.8) is 0 Å². The standard InChI is InChI=1S/C16H29N3O/c1-4-9-17-12-15-5-6-16(20-15)13-19(3)14-7-10-18(2)11-8-14/h5-6,14,17H,4,7-13H2,1-3H3. The molecule has 4 nitrogen and oxygen atoms in total. The lowest BCUT2D eigenvalue weighted by Gasteiger charge is -2.34.